The number of hydrogen-bond donors (Lipinski definition) is 0. The largest absolute Gasteiger partial charge is 0.444 e. The highest BCUT2D eigenvalue weighted by Crippen LogP contribution is 2.45. The molecule has 2 aliphatic rings. The fourth-order valence-corrected chi connectivity index (χ4v) is 6.84. The molecule has 1 fully saturated rings. The lowest BCUT2D eigenvalue weighted by Gasteiger charge is -2.43. The molecule has 0 aromatic carbocycles. The highest BCUT2D eigenvalue weighted by molar-refractivity contribution is 6.74. The van der Waals surface area contributed by atoms with Crippen molar-refractivity contribution in [1.82, 2.24) is 9.88 Å². The van der Waals surface area contributed by atoms with E-state index in [1.54, 1.807) is 0 Å². The molecule has 1 amide bonds. The first-order chi connectivity index (χ1) is 14.6. The van der Waals surface area contributed by atoms with Gasteiger partial charge < -0.3 is 19.0 Å². The topological polar surface area (TPSA) is 54.9 Å². The third kappa shape index (κ3) is 4.98. The Morgan fingerprint density at radius 1 is 1.19 bits per heavy atom. The number of aromatic nitrogens is 1. The van der Waals surface area contributed by atoms with E-state index >= 15 is 0 Å². The van der Waals surface area contributed by atoms with Crippen LogP contribution in [-0.2, 0) is 22.2 Å². The van der Waals surface area contributed by atoms with Gasteiger partial charge in [-0.25, -0.2) is 9.78 Å². The number of ether oxygens (including phenoxy) is 1. The number of hydrogen-bond acceptors (Lipinski definition) is 5. The van der Waals surface area contributed by atoms with E-state index in [9.17, 15) is 4.79 Å². The van der Waals surface area contributed by atoms with Crippen molar-refractivity contribution in [2.45, 2.75) is 104 Å². The predicted molar refractivity (Wildman–Crippen MR) is 133 cm³/mol. The maximum absolute atomic E-state index is 12.6. The molecular formula is C25H43N3O3Si. The normalized spacial score (nSPS) is 21.6. The Kier molecular flexibility index (Phi) is 6.75. The van der Waals surface area contributed by atoms with Crippen molar-refractivity contribution in [2.24, 2.45) is 5.92 Å². The first-order valence-electron chi connectivity index (χ1n) is 12.0. The van der Waals surface area contributed by atoms with Crippen LogP contribution in [-0.4, -0.2) is 55.1 Å². The molecule has 6 nitrogen and oxygen atoms in total. The van der Waals surface area contributed by atoms with E-state index in [0.717, 1.165) is 17.9 Å². The molecular weight excluding hydrogens is 418 g/mol. The van der Waals surface area contributed by atoms with E-state index in [2.05, 4.69) is 64.7 Å². The number of piperazine rings is 1. The summed E-state index contributed by atoms with van der Waals surface area (Å²) in [5, 5.41) is 0.182. The Morgan fingerprint density at radius 3 is 2.44 bits per heavy atom. The van der Waals surface area contributed by atoms with Crippen molar-refractivity contribution in [3.8, 4) is 0 Å². The molecule has 180 valence electrons. The molecule has 0 saturated carbocycles. The average Bonchev–Trinajstić information content (AvgIpc) is 3.03. The molecule has 0 aliphatic carbocycles. The van der Waals surface area contributed by atoms with Crippen LogP contribution in [0.3, 0.4) is 0 Å². The van der Waals surface area contributed by atoms with Crippen molar-refractivity contribution < 1.29 is 14.0 Å². The summed E-state index contributed by atoms with van der Waals surface area (Å²) < 4.78 is 12.2. The van der Waals surface area contributed by atoms with Crippen LogP contribution in [0.15, 0.2) is 12.1 Å². The maximum Gasteiger partial charge on any atom is 0.410 e. The summed E-state index contributed by atoms with van der Waals surface area (Å²) in [6.45, 7) is 23.6. The number of amides is 1. The minimum Gasteiger partial charge on any atom is -0.444 e. The monoisotopic (exact) mass is 461 g/mol. The zero-order valence-corrected chi connectivity index (χ0v) is 22.8. The van der Waals surface area contributed by atoms with Gasteiger partial charge in [0.15, 0.2) is 8.32 Å². The number of anilines is 1. The number of carbonyl (C=O) groups excluding carboxylic acids is 1. The molecule has 3 rings (SSSR count). The van der Waals surface area contributed by atoms with E-state index in [0.29, 0.717) is 25.6 Å². The Labute approximate surface area is 195 Å². The standard InChI is InChI=1S/C25H43N3O3Si/c1-17(2)25(7,8)32(9,10)30-16-20-12-11-19-13-21-15-27(23(29)31-24(4,5)6)14-18(3)28(21)22(19)26-20/h11-12,17-18,21H,13-16H2,1-10H3/t18-,21-/m1/s1. The lowest BCUT2D eigenvalue weighted by Crippen LogP contribution is -2.58. The van der Waals surface area contributed by atoms with Gasteiger partial charge in [-0.15, -0.1) is 0 Å². The first-order valence-corrected chi connectivity index (χ1v) is 14.9. The molecule has 1 aromatic rings. The average molecular weight is 462 g/mol. The third-order valence-corrected chi connectivity index (χ3v) is 12.3. The quantitative estimate of drug-likeness (QED) is 0.534. The van der Waals surface area contributed by atoms with Crippen molar-refractivity contribution in [3.63, 3.8) is 0 Å². The molecule has 2 aliphatic heterocycles. The number of nitrogens with zero attached hydrogens (tertiary/aromatic N) is 3. The number of rotatable bonds is 5. The molecule has 32 heavy (non-hydrogen) atoms. The van der Waals surface area contributed by atoms with Crippen LogP contribution < -0.4 is 4.90 Å². The predicted octanol–water partition coefficient (Wildman–Crippen LogP) is 5.61. The summed E-state index contributed by atoms with van der Waals surface area (Å²) in [7, 11) is -1.90. The fourth-order valence-electron chi connectivity index (χ4n) is 4.57. The Bertz CT molecular complexity index is 847. The minimum absolute atomic E-state index is 0.182. The molecule has 0 spiro atoms. The van der Waals surface area contributed by atoms with Gasteiger partial charge in [0, 0.05) is 19.1 Å². The lowest BCUT2D eigenvalue weighted by atomic mass is 9.99. The van der Waals surface area contributed by atoms with Crippen LogP contribution in [0.5, 0.6) is 0 Å². The number of carbonyl (C=O) groups is 1. The van der Waals surface area contributed by atoms with Gasteiger partial charge in [-0.05, 0) is 69.8 Å². The van der Waals surface area contributed by atoms with E-state index in [-0.39, 0.29) is 23.2 Å². The van der Waals surface area contributed by atoms with E-state index in [1.807, 2.05) is 25.7 Å². The van der Waals surface area contributed by atoms with Crippen LogP contribution in [0.25, 0.3) is 0 Å². The second-order valence-electron chi connectivity index (χ2n) is 12.0. The van der Waals surface area contributed by atoms with E-state index in [4.69, 9.17) is 14.1 Å². The molecule has 2 atom stereocenters. The second kappa shape index (κ2) is 8.63. The highest BCUT2D eigenvalue weighted by Gasteiger charge is 2.44. The zero-order chi connectivity index (χ0) is 24.1. The van der Waals surface area contributed by atoms with Gasteiger partial charge in [-0.1, -0.05) is 33.8 Å². The Balaban J connectivity index is 1.71. The van der Waals surface area contributed by atoms with Crippen molar-refractivity contribution in [3.05, 3.63) is 23.4 Å². The van der Waals surface area contributed by atoms with Crippen LogP contribution >= 0.6 is 0 Å². The second-order valence-corrected chi connectivity index (χ2v) is 16.6. The lowest BCUT2D eigenvalue weighted by molar-refractivity contribution is 0.0191. The van der Waals surface area contributed by atoms with Gasteiger partial charge >= 0.3 is 6.09 Å². The molecule has 3 heterocycles. The summed E-state index contributed by atoms with van der Waals surface area (Å²) in [5.41, 5.74) is 1.77. The van der Waals surface area contributed by atoms with E-state index in [1.165, 1.54) is 5.56 Å². The minimum atomic E-state index is -1.90. The summed E-state index contributed by atoms with van der Waals surface area (Å²) in [6, 6.07) is 4.75. The smallest absolute Gasteiger partial charge is 0.410 e. The first kappa shape index (κ1) is 25.0. The van der Waals surface area contributed by atoms with E-state index < -0.39 is 13.9 Å². The summed E-state index contributed by atoms with van der Waals surface area (Å²) in [4.78, 5) is 21.9. The SMILES string of the molecule is CC(C)C(C)(C)[Si](C)(C)OCc1ccc2c(n1)N1[C@H](C2)CN(C(=O)OC(C)(C)C)C[C@H]1C. The van der Waals surface area contributed by atoms with Gasteiger partial charge in [0.2, 0.25) is 0 Å². The van der Waals surface area contributed by atoms with Crippen molar-refractivity contribution in [2.75, 3.05) is 18.0 Å². The summed E-state index contributed by atoms with van der Waals surface area (Å²) in [5.74, 6) is 1.63. The number of fused-ring (bicyclic) bond motifs is 3. The van der Waals surface area contributed by atoms with Gasteiger partial charge in [-0.2, -0.15) is 0 Å². The highest BCUT2D eigenvalue weighted by atomic mass is 28.4. The number of pyridine rings is 1. The Hall–Kier alpha value is -1.60. The molecule has 7 heteroatoms. The van der Waals surface area contributed by atoms with Crippen molar-refractivity contribution in [1.29, 1.82) is 0 Å². The molecule has 1 saturated heterocycles. The van der Waals surface area contributed by atoms with Gasteiger partial charge in [-0.3, -0.25) is 0 Å². The molecule has 0 radical (unpaired) electrons. The zero-order valence-electron chi connectivity index (χ0n) is 21.8. The molecule has 0 N–H and O–H groups in total. The van der Waals surface area contributed by atoms with Crippen LogP contribution in [0.2, 0.25) is 18.1 Å². The van der Waals surface area contributed by atoms with Gasteiger partial charge in [0.25, 0.3) is 0 Å². The van der Waals surface area contributed by atoms with Crippen LogP contribution in [0.4, 0.5) is 10.6 Å². The van der Waals surface area contributed by atoms with Crippen molar-refractivity contribution >= 4 is 20.2 Å². The maximum atomic E-state index is 12.6. The summed E-state index contributed by atoms with van der Waals surface area (Å²) in [6.07, 6.45) is 0.690. The summed E-state index contributed by atoms with van der Waals surface area (Å²) >= 11 is 0. The van der Waals surface area contributed by atoms with Crippen LogP contribution in [0.1, 0.15) is 66.6 Å². The van der Waals surface area contributed by atoms with Crippen LogP contribution in [0, 0.1) is 5.92 Å². The Morgan fingerprint density at radius 2 is 1.84 bits per heavy atom. The van der Waals surface area contributed by atoms with Gasteiger partial charge in [0.1, 0.15) is 11.4 Å². The van der Waals surface area contributed by atoms with Gasteiger partial charge in [0.05, 0.1) is 18.3 Å². The fraction of sp³-hybridized carbons (Fsp3) is 0.760. The molecule has 0 bridgehead atoms. The third-order valence-electron chi connectivity index (χ3n) is 7.73. The molecule has 0 unspecified atom stereocenters. The molecule has 1 aromatic heterocycles.